The standard InChI is InChI=1S/C22H29F4N3O4/c1-21(2,3)33-20(32)28-15(11-14-7-4-5-9-17(14)23)12-18(30)29-10-6-8-16(29)13-27-19(31)22(24,25)26/h4-5,7,9,15-16H,6,8,10-13H2,1-3H3,(H,27,31)(H,28,32)/t15-,16+/m1/s1. The van der Waals surface area contributed by atoms with Crippen LogP contribution in [0.3, 0.4) is 0 Å². The van der Waals surface area contributed by atoms with Crippen LogP contribution in [0.2, 0.25) is 0 Å². The molecule has 1 aliphatic rings. The van der Waals surface area contributed by atoms with Crippen LogP contribution in [0.4, 0.5) is 22.4 Å². The highest BCUT2D eigenvalue weighted by atomic mass is 19.4. The summed E-state index contributed by atoms with van der Waals surface area (Å²) in [4.78, 5) is 37.7. The molecule has 11 heteroatoms. The van der Waals surface area contributed by atoms with Crippen molar-refractivity contribution in [3.8, 4) is 0 Å². The molecule has 0 bridgehead atoms. The number of hydrogen-bond donors (Lipinski definition) is 2. The van der Waals surface area contributed by atoms with Gasteiger partial charge < -0.3 is 20.3 Å². The van der Waals surface area contributed by atoms with Gasteiger partial charge in [0.2, 0.25) is 5.91 Å². The van der Waals surface area contributed by atoms with Crippen LogP contribution in [0.25, 0.3) is 0 Å². The Morgan fingerprint density at radius 2 is 1.85 bits per heavy atom. The van der Waals surface area contributed by atoms with Gasteiger partial charge in [-0.15, -0.1) is 0 Å². The summed E-state index contributed by atoms with van der Waals surface area (Å²) in [5.74, 6) is -2.98. The molecule has 1 aromatic rings. The highest BCUT2D eigenvalue weighted by molar-refractivity contribution is 5.82. The van der Waals surface area contributed by atoms with E-state index in [1.54, 1.807) is 26.8 Å². The van der Waals surface area contributed by atoms with E-state index in [0.29, 0.717) is 24.9 Å². The van der Waals surface area contributed by atoms with E-state index in [9.17, 15) is 31.9 Å². The van der Waals surface area contributed by atoms with Gasteiger partial charge in [0, 0.05) is 31.6 Å². The van der Waals surface area contributed by atoms with Gasteiger partial charge in [0.15, 0.2) is 0 Å². The Labute approximate surface area is 189 Å². The fourth-order valence-corrected chi connectivity index (χ4v) is 3.59. The van der Waals surface area contributed by atoms with Gasteiger partial charge in [-0.2, -0.15) is 13.2 Å². The van der Waals surface area contributed by atoms with Crippen LogP contribution in [0.1, 0.15) is 45.6 Å². The van der Waals surface area contributed by atoms with E-state index in [1.807, 2.05) is 5.32 Å². The predicted molar refractivity (Wildman–Crippen MR) is 112 cm³/mol. The minimum absolute atomic E-state index is 0.0149. The summed E-state index contributed by atoms with van der Waals surface area (Å²) in [7, 11) is 0. The monoisotopic (exact) mass is 475 g/mol. The van der Waals surface area contributed by atoms with Crippen LogP contribution in [-0.4, -0.2) is 59.8 Å². The molecule has 0 aliphatic carbocycles. The van der Waals surface area contributed by atoms with Gasteiger partial charge in [-0.3, -0.25) is 9.59 Å². The van der Waals surface area contributed by atoms with Crippen molar-refractivity contribution in [3.05, 3.63) is 35.6 Å². The van der Waals surface area contributed by atoms with Crippen LogP contribution in [0.15, 0.2) is 24.3 Å². The highest BCUT2D eigenvalue weighted by Crippen LogP contribution is 2.21. The summed E-state index contributed by atoms with van der Waals surface area (Å²) >= 11 is 0. The number of halogens is 4. The second-order valence-electron chi connectivity index (χ2n) is 8.93. The Kier molecular flexibility index (Phi) is 8.68. The van der Waals surface area contributed by atoms with Crippen molar-refractivity contribution in [1.29, 1.82) is 0 Å². The van der Waals surface area contributed by atoms with Crippen molar-refractivity contribution >= 4 is 17.9 Å². The summed E-state index contributed by atoms with van der Waals surface area (Å²) in [5.41, 5.74) is -0.491. The zero-order chi connectivity index (χ0) is 24.8. The molecule has 2 atom stereocenters. The van der Waals surface area contributed by atoms with E-state index in [4.69, 9.17) is 4.74 Å². The molecule has 0 unspecified atom stereocenters. The number of likely N-dealkylation sites (tertiary alicyclic amines) is 1. The Balaban J connectivity index is 2.08. The lowest BCUT2D eigenvalue weighted by Crippen LogP contribution is -2.48. The van der Waals surface area contributed by atoms with Crippen molar-refractivity contribution in [2.45, 2.75) is 70.3 Å². The molecule has 3 amide bonds. The number of carbonyl (C=O) groups is 3. The highest BCUT2D eigenvalue weighted by Gasteiger charge is 2.39. The minimum atomic E-state index is -5.00. The number of carbonyl (C=O) groups excluding carboxylic acids is 3. The summed E-state index contributed by atoms with van der Waals surface area (Å²) in [5, 5.41) is 4.41. The zero-order valence-corrected chi connectivity index (χ0v) is 18.8. The quantitative estimate of drug-likeness (QED) is 0.593. The molecular formula is C22H29F4N3O4. The average Bonchev–Trinajstić information content (AvgIpc) is 3.14. The van der Waals surface area contributed by atoms with Crippen LogP contribution in [0, 0.1) is 5.82 Å². The number of benzene rings is 1. The van der Waals surface area contributed by atoms with Gasteiger partial charge >= 0.3 is 18.2 Å². The average molecular weight is 475 g/mol. The van der Waals surface area contributed by atoms with Gasteiger partial charge in [0.05, 0.1) is 0 Å². The summed E-state index contributed by atoms with van der Waals surface area (Å²) in [6, 6.07) is 4.54. The second kappa shape index (κ2) is 10.8. The van der Waals surface area contributed by atoms with Crippen molar-refractivity contribution in [1.82, 2.24) is 15.5 Å². The first-order chi connectivity index (χ1) is 15.3. The fraction of sp³-hybridized carbons (Fsp3) is 0.591. The maximum atomic E-state index is 14.2. The van der Waals surface area contributed by atoms with E-state index >= 15 is 0 Å². The fourth-order valence-electron chi connectivity index (χ4n) is 3.59. The van der Waals surface area contributed by atoms with Crippen LogP contribution in [0.5, 0.6) is 0 Å². The van der Waals surface area contributed by atoms with Gasteiger partial charge in [-0.1, -0.05) is 18.2 Å². The normalized spacial score (nSPS) is 17.4. The first-order valence-corrected chi connectivity index (χ1v) is 10.6. The molecule has 33 heavy (non-hydrogen) atoms. The maximum absolute atomic E-state index is 14.2. The van der Waals surface area contributed by atoms with E-state index < -0.39 is 47.6 Å². The molecular weight excluding hydrogens is 446 g/mol. The topological polar surface area (TPSA) is 87.7 Å². The molecule has 2 rings (SSSR count). The molecule has 1 fully saturated rings. The smallest absolute Gasteiger partial charge is 0.444 e. The van der Waals surface area contributed by atoms with E-state index in [-0.39, 0.29) is 19.4 Å². The van der Waals surface area contributed by atoms with E-state index in [0.717, 1.165) is 0 Å². The molecule has 1 aliphatic heterocycles. The van der Waals surface area contributed by atoms with Gasteiger partial charge in [-0.05, 0) is 51.7 Å². The summed E-state index contributed by atoms with van der Waals surface area (Å²) < 4.78 is 56.8. The molecule has 0 saturated carbocycles. The third-order valence-electron chi connectivity index (χ3n) is 5.02. The molecule has 0 spiro atoms. The number of rotatable bonds is 7. The molecule has 1 heterocycles. The number of alkyl halides is 3. The third kappa shape index (κ3) is 8.54. The maximum Gasteiger partial charge on any atom is 0.471 e. The third-order valence-corrected chi connectivity index (χ3v) is 5.02. The number of nitrogens with zero attached hydrogens (tertiary/aromatic N) is 1. The summed E-state index contributed by atoms with van der Waals surface area (Å²) in [6.45, 7) is 5.00. The molecule has 0 aromatic heterocycles. The van der Waals surface area contributed by atoms with Crippen molar-refractivity contribution in [2.24, 2.45) is 0 Å². The van der Waals surface area contributed by atoms with Crippen LogP contribution >= 0.6 is 0 Å². The Hall–Kier alpha value is -2.85. The Morgan fingerprint density at radius 3 is 2.45 bits per heavy atom. The van der Waals surface area contributed by atoms with Gasteiger partial charge in [0.1, 0.15) is 11.4 Å². The molecule has 0 radical (unpaired) electrons. The number of nitrogens with one attached hydrogen (secondary N) is 2. The van der Waals surface area contributed by atoms with Gasteiger partial charge in [0.25, 0.3) is 0 Å². The van der Waals surface area contributed by atoms with E-state index in [1.165, 1.54) is 23.1 Å². The number of alkyl carbamates (subject to hydrolysis) is 1. The van der Waals surface area contributed by atoms with E-state index in [2.05, 4.69) is 5.32 Å². The van der Waals surface area contributed by atoms with Crippen LogP contribution < -0.4 is 10.6 Å². The Bertz CT molecular complexity index is 855. The predicted octanol–water partition coefficient (Wildman–Crippen LogP) is 3.32. The SMILES string of the molecule is CC(C)(C)OC(=O)N[C@@H](CC(=O)N1CCC[C@H]1CNC(=O)C(F)(F)F)Cc1ccccc1F. The molecule has 1 aromatic carbocycles. The van der Waals surface area contributed by atoms with Crippen molar-refractivity contribution < 1.29 is 36.7 Å². The molecule has 184 valence electrons. The molecule has 7 nitrogen and oxygen atoms in total. The summed E-state index contributed by atoms with van der Waals surface area (Å²) in [6.07, 6.45) is -4.97. The first kappa shape index (κ1) is 26.4. The first-order valence-electron chi connectivity index (χ1n) is 10.6. The number of ether oxygens (including phenoxy) is 1. The van der Waals surface area contributed by atoms with Crippen LogP contribution in [-0.2, 0) is 20.7 Å². The van der Waals surface area contributed by atoms with Crippen molar-refractivity contribution in [3.63, 3.8) is 0 Å². The van der Waals surface area contributed by atoms with Crippen molar-refractivity contribution in [2.75, 3.05) is 13.1 Å². The van der Waals surface area contributed by atoms with Gasteiger partial charge in [-0.25, -0.2) is 9.18 Å². The number of amides is 3. The minimum Gasteiger partial charge on any atom is -0.444 e. The number of hydrogen-bond acceptors (Lipinski definition) is 4. The lowest BCUT2D eigenvalue weighted by molar-refractivity contribution is -0.173. The Morgan fingerprint density at radius 1 is 1.18 bits per heavy atom. The zero-order valence-electron chi connectivity index (χ0n) is 18.8. The largest absolute Gasteiger partial charge is 0.471 e. The molecule has 2 N–H and O–H groups in total. The lowest BCUT2D eigenvalue weighted by Gasteiger charge is -2.28. The lowest BCUT2D eigenvalue weighted by atomic mass is 10.0. The molecule has 1 saturated heterocycles. The second-order valence-corrected chi connectivity index (χ2v) is 8.93.